The number of morpholine rings is 1. The van der Waals surface area contributed by atoms with Gasteiger partial charge in [-0.05, 0) is 48.8 Å². The molecule has 2 aromatic rings. The highest BCUT2D eigenvalue weighted by Crippen LogP contribution is 2.33. The maximum absolute atomic E-state index is 5.79. The van der Waals surface area contributed by atoms with E-state index >= 15 is 0 Å². The molecule has 0 amide bonds. The Hall–Kier alpha value is -1.33. The first-order valence-corrected chi connectivity index (χ1v) is 7.94. The van der Waals surface area contributed by atoms with Crippen molar-refractivity contribution >= 4 is 21.7 Å². The van der Waals surface area contributed by atoms with Gasteiger partial charge in [0, 0.05) is 34.9 Å². The number of anilines is 1. The quantitative estimate of drug-likeness (QED) is 0.819. The average molecular weight is 351 g/mol. The smallest absolute Gasteiger partial charge is 0.129 e. The second kappa shape index (κ2) is 5.81. The number of nitrogens with zero attached hydrogens (tertiary/aromatic N) is 2. The average Bonchev–Trinajstić information content (AvgIpc) is 2.84. The molecule has 0 saturated carbocycles. The number of aromatic nitrogens is 1. The molecule has 0 spiro atoms. The van der Waals surface area contributed by atoms with Crippen molar-refractivity contribution in [2.24, 2.45) is 0 Å². The van der Waals surface area contributed by atoms with E-state index < -0.39 is 0 Å². The first-order valence-electron chi connectivity index (χ1n) is 7.15. The molecule has 0 N–H and O–H groups in total. The Morgan fingerprint density at radius 1 is 1.24 bits per heavy atom. The summed E-state index contributed by atoms with van der Waals surface area (Å²) in [6, 6.07) is 4.11. The predicted molar refractivity (Wildman–Crippen MR) is 86.6 cm³/mol. The molecule has 112 valence electrons. The van der Waals surface area contributed by atoms with Crippen LogP contribution in [0, 0.1) is 6.92 Å². The fourth-order valence-corrected chi connectivity index (χ4v) is 3.27. The SMILES string of the molecule is Cc1occc1-c1cc(N2C[C@@H](C)O[C@@H](C)C2)ncc1Br. The van der Waals surface area contributed by atoms with Gasteiger partial charge in [0.25, 0.3) is 0 Å². The molecule has 0 aromatic carbocycles. The predicted octanol–water partition coefficient (Wildman–Crippen LogP) is 4.03. The van der Waals surface area contributed by atoms with Gasteiger partial charge in [0.2, 0.25) is 0 Å². The third-order valence-corrected chi connectivity index (χ3v) is 4.37. The molecular weight excluding hydrogens is 332 g/mol. The van der Waals surface area contributed by atoms with Gasteiger partial charge in [0.05, 0.1) is 18.5 Å². The number of halogens is 1. The van der Waals surface area contributed by atoms with E-state index in [1.807, 2.05) is 19.2 Å². The van der Waals surface area contributed by atoms with Crippen LogP contribution in [0.15, 0.2) is 33.5 Å². The first-order chi connectivity index (χ1) is 10.0. The summed E-state index contributed by atoms with van der Waals surface area (Å²) in [6.07, 6.45) is 4.02. The van der Waals surface area contributed by atoms with Crippen LogP contribution < -0.4 is 4.90 Å². The topological polar surface area (TPSA) is 38.5 Å². The van der Waals surface area contributed by atoms with Crippen molar-refractivity contribution in [3.8, 4) is 11.1 Å². The molecule has 1 fully saturated rings. The van der Waals surface area contributed by atoms with Crippen LogP contribution in [0.1, 0.15) is 19.6 Å². The Kier molecular flexibility index (Phi) is 4.04. The molecule has 1 aliphatic heterocycles. The van der Waals surface area contributed by atoms with E-state index in [0.717, 1.165) is 40.3 Å². The number of ether oxygens (including phenoxy) is 1. The second-order valence-electron chi connectivity index (χ2n) is 5.58. The van der Waals surface area contributed by atoms with Crippen molar-refractivity contribution in [2.75, 3.05) is 18.0 Å². The largest absolute Gasteiger partial charge is 0.469 e. The summed E-state index contributed by atoms with van der Waals surface area (Å²) in [7, 11) is 0. The lowest BCUT2D eigenvalue weighted by molar-refractivity contribution is -0.00545. The van der Waals surface area contributed by atoms with E-state index in [9.17, 15) is 0 Å². The van der Waals surface area contributed by atoms with E-state index in [1.165, 1.54) is 0 Å². The number of pyridine rings is 1. The molecule has 0 radical (unpaired) electrons. The first kappa shape index (κ1) is 14.6. The number of furan rings is 1. The molecule has 2 aromatic heterocycles. The van der Waals surface area contributed by atoms with Crippen molar-refractivity contribution in [2.45, 2.75) is 33.0 Å². The third-order valence-electron chi connectivity index (χ3n) is 3.73. The Bertz CT molecular complexity index is 631. The lowest BCUT2D eigenvalue weighted by Gasteiger charge is -2.36. The highest BCUT2D eigenvalue weighted by Gasteiger charge is 2.24. The molecule has 0 bridgehead atoms. The van der Waals surface area contributed by atoms with E-state index in [0.29, 0.717) is 0 Å². The van der Waals surface area contributed by atoms with Gasteiger partial charge in [-0.3, -0.25) is 0 Å². The third kappa shape index (κ3) is 2.99. The summed E-state index contributed by atoms with van der Waals surface area (Å²) in [4.78, 5) is 6.85. The molecular formula is C16H19BrN2O2. The summed E-state index contributed by atoms with van der Waals surface area (Å²) >= 11 is 3.59. The highest BCUT2D eigenvalue weighted by molar-refractivity contribution is 9.10. The Balaban J connectivity index is 1.96. The van der Waals surface area contributed by atoms with Gasteiger partial charge in [0.1, 0.15) is 11.6 Å². The Labute approximate surface area is 133 Å². The summed E-state index contributed by atoms with van der Waals surface area (Å²) in [5.41, 5.74) is 2.21. The monoisotopic (exact) mass is 350 g/mol. The lowest BCUT2D eigenvalue weighted by Crippen LogP contribution is -2.45. The van der Waals surface area contributed by atoms with Crippen molar-refractivity contribution in [3.05, 3.63) is 34.8 Å². The number of hydrogen-bond acceptors (Lipinski definition) is 4. The fourth-order valence-electron chi connectivity index (χ4n) is 2.84. The van der Waals surface area contributed by atoms with Crippen LogP contribution in [0.3, 0.4) is 0 Å². The van der Waals surface area contributed by atoms with Crippen LogP contribution in [0.5, 0.6) is 0 Å². The fraction of sp³-hybridized carbons (Fsp3) is 0.438. The van der Waals surface area contributed by atoms with E-state index in [2.05, 4.69) is 45.7 Å². The van der Waals surface area contributed by atoms with Crippen LogP contribution >= 0.6 is 15.9 Å². The van der Waals surface area contributed by atoms with Crippen LogP contribution in [0.25, 0.3) is 11.1 Å². The molecule has 3 rings (SSSR count). The van der Waals surface area contributed by atoms with Gasteiger partial charge in [-0.1, -0.05) is 0 Å². The summed E-state index contributed by atoms with van der Waals surface area (Å²) in [5.74, 6) is 1.90. The van der Waals surface area contributed by atoms with Gasteiger partial charge in [0.15, 0.2) is 0 Å². The van der Waals surface area contributed by atoms with Crippen molar-refractivity contribution in [3.63, 3.8) is 0 Å². The normalized spacial score (nSPS) is 22.6. The van der Waals surface area contributed by atoms with Crippen LogP contribution in [-0.4, -0.2) is 30.3 Å². The highest BCUT2D eigenvalue weighted by atomic mass is 79.9. The molecule has 1 saturated heterocycles. The van der Waals surface area contributed by atoms with Crippen molar-refractivity contribution in [1.82, 2.24) is 4.98 Å². The van der Waals surface area contributed by atoms with Gasteiger partial charge >= 0.3 is 0 Å². The minimum atomic E-state index is 0.221. The van der Waals surface area contributed by atoms with Gasteiger partial charge < -0.3 is 14.1 Å². The van der Waals surface area contributed by atoms with Gasteiger partial charge in [-0.25, -0.2) is 4.98 Å². The maximum Gasteiger partial charge on any atom is 0.129 e. The summed E-state index contributed by atoms with van der Waals surface area (Å²) in [5, 5.41) is 0. The molecule has 21 heavy (non-hydrogen) atoms. The standard InChI is InChI=1S/C16H19BrN2O2/c1-10-8-19(9-11(2)21-10)16-6-14(15(17)7-18-16)13-4-5-20-12(13)3/h4-7,10-11H,8-9H2,1-3H3/t10-,11+. The zero-order valence-corrected chi connectivity index (χ0v) is 14.1. The van der Waals surface area contributed by atoms with Gasteiger partial charge in [-0.2, -0.15) is 0 Å². The molecule has 0 unspecified atom stereocenters. The maximum atomic E-state index is 5.79. The lowest BCUT2D eigenvalue weighted by atomic mass is 10.1. The number of aryl methyl sites for hydroxylation is 1. The zero-order chi connectivity index (χ0) is 15.0. The van der Waals surface area contributed by atoms with Crippen molar-refractivity contribution in [1.29, 1.82) is 0 Å². The van der Waals surface area contributed by atoms with Crippen LogP contribution in [0.4, 0.5) is 5.82 Å². The van der Waals surface area contributed by atoms with E-state index in [1.54, 1.807) is 6.26 Å². The number of rotatable bonds is 2. The second-order valence-corrected chi connectivity index (χ2v) is 6.43. The minimum Gasteiger partial charge on any atom is -0.469 e. The van der Waals surface area contributed by atoms with E-state index in [-0.39, 0.29) is 12.2 Å². The molecule has 2 atom stereocenters. The zero-order valence-electron chi connectivity index (χ0n) is 12.5. The molecule has 0 aliphatic carbocycles. The molecule has 4 nitrogen and oxygen atoms in total. The van der Waals surface area contributed by atoms with Crippen LogP contribution in [0.2, 0.25) is 0 Å². The minimum absolute atomic E-state index is 0.221. The number of hydrogen-bond donors (Lipinski definition) is 0. The Morgan fingerprint density at radius 3 is 2.57 bits per heavy atom. The van der Waals surface area contributed by atoms with Crippen LogP contribution in [-0.2, 0) is 4.74 Å². The van der Waals surface area contributed by atoms with E-state index in [4.69, 9.17) is 9.15 Å². The summed E-state index contributed by atoms with van der Waals surface area (Å²) < 4.78 is 12.2. The molecule has 3 heterocycles. The van der Waals surface area contributed by atoms with Crippen molar-refractivity contribution < 1.29 is 9.15 Å². The molecule has 1 aliphatic rings. The summed E-state index contributed by atoms with van der Waals surface area (Å²) in [6.45, 7) is 7.90. The van der Waals surface area contributed by atoms with Gasteiger partial charge in [-0.15, -0.1) is 0 Å². The molecule has 5 heteroatoms. The Morgan fingerprint density at radius 2 is 1.95 bits per heavy atom.